The second-order valence-corrected chi connectivity index (χ2v) is 6.13. The van der Waals surface area contributed by atoms with Gasteiger partial charge in [-0.25, -0.2) is 13.1 Å². The van der Waals surface area contributed by atoms with Gasteiger partial charge in [-0.05, 0) is 24.2 Å². The molecule has 0 saturated carbocycles. The predicted molar refractivity (Wildman–Crippen MR) is 70.1 cm³/mol. The van der Waals surface area contributed by atoms with Crippen LogP contribution in [0.5, 0.6) is 0 Å². The fourth-order valence-corrected chi connectivity index (χ4v) is 2.95. The third kappa shape index (κ3) is 5.28. The van der Waals surface area contributed by atoms with Gasteiger partial charge in [-0.15, -0.1) is 0 Å². The van der Waals surface area contributed by atoms with Crippen LogP contribution in [0.2, 0.25) is 5.02 Å². The van der Waals surface area contributed by atoms with Crippen LogP contribution in [-0.2, 0) is 16.6 Å². The van der Waals surface area contributed by atoms with Crippen LogP contribution in [0.25, 0.3) is 0 Å². The Kier molecular flexibility index (Phi) is 5.81. The summed E-state index contributed by atoms with van der Waals surface area (Å²) in [6.45, 7) is 1.31. The third-order valence-corrected chi connectivity index (χ3v) is 4.21. The normalized spacial score (nSPS) is 12.7. The van der Waals surface area contributed by atoms with Crippen molar-refractivity contribution in [1.82, 2.24) is 10.0 Å². The SMILES string of the molecule is CCNCc1ccc(Cl)c(S(=O)(=O)NCC(F)(F)F)c1. The number of hydrogen-bond donors (Lipinski definition) is 2. The summed E-state index contributed by atoms with van der Waals surface area (Å²) in [5.74, 6) is 0. The lowest BCUT2D eigenvalue weighted by molar-refractivity contribution is -0.121. The molecular weight excluding hydrogens is 317 g/mol. The van der Waals surface area contributed by atoms with Gasteiger partial charge in [-0.3, -0.25) is 0 Å². The summed E-state index contributed by atoms with van der Waals surface area (Å²) in [7, 11) is -4.30. The molecule has 1 rings (SSSR count). The Labute approximate surface area is 120 Å². The van der Waals surface area contributed by atoms with Crippen molar-refractivity contribution in [3.8, 4) is 0 Å². The van der Waals surface area contributed by atoms with Gasteiger partial charge >= 0.3 is 6.18 Å². The molecule has 0 aliphatic rings. The third-order valence-electron chi connectivity index (χ3n) is 2.33. The molecule has 20 heavy (non-hydrogen) atoms. The molecular formula is C11H14ClF3N2O2S. The van der Waals surface area contributed by atoms with Crippen LogP contribution in [0, 0.1) is 0 Å². The van der Waals surface area contributed by atoms with Crippen molar-refractivity contribution in [3.05, 3.63) is 28.8 Å². The smallest absolute Gasteiger partial charge is 0.313 e. The number of halogens is 4. The Morgan fingerprint density at radius 3 is 2.50 bits per heavy atom. The molecule has 1 aromatic rings. The molecule has 0 heterocycles. The lowest BCUT2D eigenvalue weighted by atomic mass is 10.2. The standard InChI is InChI=1S/C11H14ClF3N2O2S/c1-2-16-6-8-3-4-9(12)10(5-8)20(18,19)17-7-11(13,14)15/h3-5,16-17H,2,6-7H2,1H3. The predicted octanol–water partition coefficient (Wildman–Crippen LogP) is 2.29. The highest BCUT2D eigenvalue weighted by molar-refractivity contribution is 7.89. The Hall–Kier alpha value is -0.830. The average molecular weight is 331 g/mol. The van der Waals surface area contributed by atoms with E-state index < -0.39 is 22.7 Å². The fraction of sp³-hybridized carbons (Fsp3) is 0.455. The largest absolute Gasteiger partial charge is 0.402 e. The average Bonchev–Trinajstić information content (AvgIpc) is 2.34. The van der Waals surface area contributed by atoms with Crippen LogP contribution in [0.3, 0.4) is 0 Å². The summed E-state index contributed by atoms with van der Waals surface area (Å²) >= 11 is 5.74. The molecule has 0 bridgehead atoms. The van der Waals surface area contributed by atoms with Crippen molar-refractivity contribution in [2.24, 2.45) is 0 Å². The van der Waals surface area contributed by atoms with Crippen LogP contribution in [-0.4, -0.2) is 27.7 Å². The minimum atomic E-state index is -4.62. The maximum absolute atomic E-state index is 12.1. The number of rotatable bonds is 6. The molecule has 0 radical (unpaired) electrons. The first-order valence-corrected chi connectivity index (χ1v) is 7.57. The van der Waals surface area contributed by atoms with Crippen LogP contribution < -0.4 is 10.0 Å². The minimum Gasteiger partial charge on any atom is -0.313 e. The number of hydrogen-bond acceptors (Lipinski definition) is 3. The number of sulfonamides is 1. The van der Waals surface area contributed by atoms with E-state index in [0.717, 1.165) is 0 Å². The van der Waals surface area contributed by atoms with Gasteiger partial charge in [0.2, 0.25) is 10.0 Å². The van der Waals surface area contributed by atoms with Gasteiger partial charge in [-0.1, -0.05) is 24.6 Å². The highest BCUT2D eigenvalue weighted by Gasteiger charge is 2.30. The first kappa shape index (κ1) is 17.2. The highest BCUT2D eigenvalue weighted by Crippen LogP contribution is 2.23. The molecule has 0 amide bonds. The lowest BCUT2D eigenvalue weighted by Crippen LogP contribution is -2.34. The van der Waals surface area contributed by atoms with E-state index in [9.17, 15) is 21.6 Å². The number of benzene rings is 1. The van der Waals surface area contributed by atoms with E-state index in [4.69, 9.17) is 11.6 Å². The molecule has 0 aromatic heterocycles. The lowest BCUT2D eigenvalue weighted by Gasteiger charge is -2.12. The summed E-state index contributed by atoms with van der Waals surface area (Å²) < 4.78 is 61.3. The van der Waals surface area contributed by atoms with Gasteiger partial charge in [0.05, 0.1) is 5.02 Å². The molecule has 0 unspecified atom stereocenters. The topological polar surface area (TPSA) is 58.2 Å². The Balaban J connectivity index is 2.98. The fourth-order valence-electron chi connectivity index (χ4n) is 1.39. The quantitative estimate of drug-likeness (QED) is 0.841. The Morgan fingerprint density at radius 1 is 1.30 bits per heavy atom. The molecule has 0 atom stereocenters. The van der Waals surface area contributed by atoms with Crippen molar-refractivity contribution in [2.45, 2.75) is 24.5 Å². The van der Waals surface area contributed by atoms with Gasteiger partial charge < -0.3 is 5.32 Å². The Morgan fingerprint density at radius 2 is 1.95 bits per heavy atom. The van der Waals surface area contributed by atoms with Crippen molar-refractivity contribution in [2.75, 3.05) is 13.1 Å². The zero-order valence-corrected chi connectivity index (χ0v) is 12.2. The second-order valence-electron chi connectivity index (χ2n) is 3.98. The van der Waals surface area contributed by atoms with E-state index >= 15 is 0 Å². The first-order valence-electron chi connectivity index (χ1n) is 5.71. The Bertz CT molecular complexity index is 561. The second kappa shape index (κ2) is 6.75. The molecule has 4 nitrogen and oxygen atoms in total. The summed E-state index contributed by atoms with van der Waals surface area (Å²) in [5.41, 5.74) is 0.614. The first-order chi connectivity index (χ1) is 9.15. The summed E-state index contributed by atoms with van der Waals surface area (Å²) in [5, 5.41) is 2.86. The monoisotopic (exact) mass is 330 g/mol. The van der Waals surface area contributed by atoms with Crippen molar-refractivity contribution in [1.29, 1.82) is 0 Å². The van der Waals surface area contributed by atoms with Crippen molar-refractivity contribution < 1.29 is 21.6 Å². The van der Waals surface area contributed by atoms with Gasteiger partial charge in [0.15, 0.2) is 0 Å². The molecule has 0 saturated heterocycles. The van der Waals surface area contributed by atoms with Crippen LogP contribution in [0.4, 0.5) is 13.2 Å². The van der Waals surface area contributed by atoms with Gasteiger partial charge in [-0.2, -0.15) is 13.2 Å². The zero-order chi connectivity index (χ0) is 15.4. The van der Waals surface area contributed by atoms with Crippen molar-refractivity contribution >= 4 is 21.6 Å². The highest BCUT2D eigenvalue weighted by atomic mass is 35.5. The van der Waals surface area contributed by atoms with E-state index in [1.165, 1.54) is 16.9 Å². The molecule has 114 valence electrons. The van der Waals surface area contributed by atoms with Gasteiger partial charge in [0.25, 0.3) is 0 Å². The molecule has 0 aliphatic heterocycles. The molecule has 0 fully saturated rings. The number of alkyl halides is 3. The zero-order valence-electron chi connectivity index (χ0n) is 10.6. The van der Waals surface area contributed by atoms with Crippen molar-refractivity contribution in [3.63, 3.8) is 0 Å². The summed E-state index contributed by atoms with van der Waals surface area (Å²) in [6, 6.07) is 4.20. The summed E-state index contributed by atoms with van der Waals surface area (Å²) in [6.07, 6.45) is -4.62. The van der Waals surface area contributed by atoms with E-state index in [1.807, 2.05) is 6.92 Å². The summed E-state index contributed by atoms with van der Waals surface area (Å²) in [4.78, 5) is -0.362. The molecule has 9 heteroatoms. The van der Waals surface area contributed by atoms with Crippen LogP contribution in [0.1, 0.15) is 12.5 Å². The maximum Gasteiger partial charge on any atom is 0.402 e. The van der Waals surface area contributed by atoms with E-state index in [-0.39, 0.29) is 9.92 Å². The van der Waals surface area contributed by atoms with Crippen LogP contribution in [0.15, 0.2) is 23.1 Å². The minimum absolute atomic E-state index is 0.125. The molecule has 1 aromatic carbocycles. The van der Waals surface area contributed by atoms with Crippen LogP contribution >= 0.6 is 11.6 Å². The van der Waals surface area contributed by atoms with Gasteiger partial charge in [0.1, 0.15) is 11.4 Å². The van der Waals surface area contributed by atoms with E-state index in [2.05, 4.69) is 5.32 Å². The van der Waals surface area contributed by atoms with E-state index in [0.29, 0.717) is 18.7 Å². The maximum atomic E-state index is 12.1. The van der Waals surface area contributed by atoms with E-state index in [1.54, 1.807) is 6.07 Å². The molecule has 2 N–H and O–H groups in total. The van der Waals surface area contributed by atoms with Gasteiger partial charge in [0, 0.05) is 6.54 Å². The molecule has 0 spiro atoms. The number of nitrogens with one attached hydrogen (secondary N) is 2. The molecule has 0 aliphatic carbocycles.